The zero-order valence-corrected chi connectivity index (χ0v) is 5.07. The van der Waals surface area contributed by atoms with E-state index in [9.17, 15) is 13.6 Å². The summed E-state index contributed by atoms with van der Waals surface area (Å²) in [6, 6.07) is 0. The lowest BCUT2D eigenvalue weighted by Crippen LogP contribution is -2.00. The van der Waals surface area contributed by atoms with Crippen LogP contribution in [0.5, 0.6) is 0 Å². The van der Waals surface area contributed by atoms with E-state index in [0.717, 1.165) is 0 Å². The molecule has 54 valence electrons. The number of hydrogen-bond donors (Lipinski definition) is 1. The molecule has 9 heavy (non-hydrogen) atoms. The maximum Gasteiger partial charge on any atom is 0.312 e. The van der Waals surface area contributed by atoms with E-state index >= 15 is 0 Å². The molecule has 0 aromatic heterocycles. The van der Waals surface area contributed by atoms with Gasteiger partial charge in [0.1, 0.15) is 18.3 Å². The number of carboxylic acids is 1. The fourth-order valence-corrected chi connectivity index (χ4v) is 0.512. The van der Waals surface area contributed by atoms with E-state index in [4.69, 9.17) is 5.11 Å². The van der Waals surface area contributed by atoms with Crippen molar-refractivity contribution in [2.45, 2.75) is 12.3 Å². The van der Waals surface area contributed by atoms with Gasteiger partial charge >= 0.3 is 5.97 Å². The molecular formula is C4H5ClF2O2. The molecule has 1 saturated carbocycles. The smallest absolute Gasteiger partial charge is 0.312 e. The van der Waals surface area contributed by atoms with Crippen LogP contribution in [0, 0.1) is 5.92 Å². The quantitative estimate of drug-likeness (QED) is 0.613. The van der Waals surface area contributed by atoms with Crippen molar-refractivity contribution in [2.24, 2.45) is 5.92 Å². The fourth-order valence-electron chi connectivity index (χ4n) is 0.512. The van der Waals surface area contributed by atoms with Crippen LogP contribution in [-0.2, 0) is 4.79 Å². The van der Waals surface area contributed by atoms with Gasteiger partial charge in [0.15, 0.2) is 0 Å². The molecule has 0 bridgehead atoms. The molecule has 1 N–H and O–H groups in total. The lowest BCUT2D eigenvalue weighted by molar-refractivity contribution is -0.139. The molecule has 0 radical (unpaired) electrons. The van der Waals surface area contributed by atoms with Crippen LogP contribution in [0.2, 0.25) is 0 Å². The van der Waals surface area contributed by atoms with Gasteiger partial charge in [0, 0.05) is 0 Å². The number of halogens is 3. The summed E-state index contributed by atoms with van der Waals surface area (Å²) in [6.45, 7) is 0. The highest BCUT2D eigenvalue weighted by Crippen LogP contribution is 2.37. The maximum absolute atomic E-state index is 11.7. The van der Waals surface area contributed by atoms with E-state index in [0.29, 0.717) is 0 Å². The molecule has 0 spiro atoms. The Bertz CT molecular complexity index is 122. The van der Waals surface area contributed by atoms with E-state index in [1.807, 2.05) is 0 Å². The first-order valence-corrected chi connectivity index (χ1v) is 2.15. The maximum atomic E-state index is 11.7. The Labute approximate surface area is 56.3 Å². The molecule has 2 unspecified atom stereocenters. The minimum absolute atomic E-state index is 0. The van der Waals surface area contributed by atoms with Gasteiger partial charge in [-0.05, 0) is 0 Å². The van der Waals surface area contributed by atoms with Crippen LogP contribution in [0.25, 0.3) is 0 Å². The first kappa shape index (κ1) is 8.62. The van der Waals surface area contributed by atoms with Crippen LogP contribution in [0.15, 0.2) is 0 Å². The first-order chi connectivity index (χ1) is 3.64. The number of carboxylic acid groups (broad SMARTS) is 1. The molecule has 0 amide bonds. The number of alkyl halides is 2. The number of hydrogen-bond acceptors (Lipinski definition) is 1. The molecule has 2 nitrogen and oxygen atoms in total. The molecule has 1 fully saturated rings. The zero-order chi connectivity index (χ0) is 6.31. The van der Waals surface area contributed by atoms with Crippen molar-refractivity contribution in [3.63, 3.8) is 0 Å². The summed E-state index contributed by atoms with van der Waals surface area (Å²) in [5.74, 6) is -2.76. The van der Waals surface area contributed by atoms with Gasteiger partial charge in [-0.25, -0.2) is 8.78 Å². The van der Waals surface area contributed by atoms with Gasteiger partial charge in [-0.2, -0.15) is 0 Å². The van der Waals surface area contributed by atoms with Gasteiger partial charge in [0.2, 0.25) is 0 Å². The van der Waals surface area contributed by atoms with Crippen LogP contribution >= 0.6 is 12.4 Å². The van der Waals surface area contributed by atoms with E-state index in [2.05, 4.69) is 0 Å². The molecule has 0 heterocycles. The predicted octanol–water partition coefficient (Wildman–Crippen LogP) is 0.799. The Kier molecular flexibility index (Phi) is 2.37. The Balaban J connectivity index is 0.000000640. The summed E-state index contributed by atoms with van der Waals surface area (Å²) in [6.07, 6.45) is -3.51. The lowest BCUT2D eigenvalue weighted by Gasteiger charge is -1.77. The highest BCUT2D eigenvalue weighted by Gasteiger charge is 2.57. The second-order valence-electron chi connectivity index (χ2n) is 1.75. The molecule has 0 aromatic carbocycles. The van der Waals surface area contributed by atoms with Crippen molar-refractivity contribution in [2.75, 3.05) is 0 Å². The van der Waals surface area contributed by atoms with Crippen molar-refractivity contribution in [3.8, 4) is 0 Å². The van der Waals surface area contributed by atoms with Crippen LogP contribution in [0.3, 0.4) is 0 Å². The minimum atomic E-state index is -1.76. The normalized spacial score (nSPS) is 39.1. The summed E-state index contributed by atoms with van der Waals surface area (Å²) in [4.78, 5) is 9.70. The van der Waals surface area contributed by atoms with Crippen LogP contribution < -0.4 is 0 Å². The van der Waals surface area contributed by atoms with Crippen LogP contribution in [0.4, 0.5) is 8.78 Å². The Morgan fingerprint density at radius 1 is 1.33 bits per heavy atom. The Morgan fingerprint density at radius 3 is 1.67 bits per heavy atom. The third kappa shape index (κ3) is 1.30. The van der Waals surface area contributed by atoms with E-state index in [-0.39, 0.29) is 12.4 Å². The van der Waals surface area contributed by atoms with Crippen molar-refractivity contribution in [1.82, 2.24) is 0 Å². The average molecular weight is 159 g/mol. The van der Waals surface area contributed by atoms with Crippen molar-refractivity contribution < 1.29 is 18.7 Å². The topological polar surface area (TPSA) is 37.3 Å². The van der Waals surface area contributed by atoms with Gasteiger partial charge in [0.05, 0.1) is 0 Å². The van der Waals surface area contributed by atoms with Crippen LogP contribution in [-0.4, -0.2) is 23.4 Å². The summed E-state index contributed by atoms with van der Waals surface area (Å²) in [5.41, 5.74) is 0. The van der Waals surface area contributed by atoms with Gasteiger partial charge < -0.3 is 5.11 Å². The Hall–Kier alpha value is -0.380. The second kappa shape index (κ2) is 2.47. The molecule has 1 rings (SSSR count). The molecule has 1 aliphatic carbocycles. The number of carbonyl (C=O) groups is 1. The second-order valence-corrected chi connectivity index (χ2v) is 1.75. The van der Waals surface area contributed by atoms with Gasteiger partial charge in [-0.3, -0.25) is 4.79 Å². The molecule has 0 saturated heterocycles. The molecule has 5 heteroatoms. The van der Waals surface area contributed by atoms with Crippen molar-refractivity contribution >= 4 is 18.4 Å². The molecular weight excluding hydrogens is 153 g/mol. The highest BCUT2D eigenvalue weighted by molar-refractivity contribution is 5.85. The Morgan fingerprint density at radius 2 is 1.67 bits per heavy atom. The van der Waals surface area contributed by atoms with Gasteiger partial charge in [-0.1, -0.05) is 0 Å². The summed E-state index contributed by atoms with van der Waals surface area (Å²) in [5, 5.41) is 7.91. The van der Waals surface area contributed by atoms with Crippen molar-refractivity contribution in [1.29, 1.82) is 0 Å². The molecule has 2 atom stereocenters. The third-order valence-corrected chi connectivity index (χ3v) is 1.13. The van der Waals surface area contributed by atoms with Crippen LogP contribution in [0.1, 0.15) is 0 Å². The number of aliphatic carboxylic acids is 1. The fraction of sp³-hybridized carbons (Fsp3) is 0.750. The first-order valence-electron chi connectivity index (χ1n) is 2.15. The van der Waals surface area contributed by atoms with E-state index in [1.165, 1.54) is 0 Å². The standard InChI is InChI=1S/C4H4F2O2.ClH/c5-2-1(3(2)6)4(7)8;/h1-3H,(H,7,8);1H. The zero-order valence-electron chi connectivity index (χ0n) is 4.25. The predicted molar refractivity (Wildman–Crippen MR) is 28.2 cm³/mol. The summed E-state index contributed by atoms with van der Waals surface area (Å²) >= 11 is 0. The number of rotatable bonds is 1. The average Bonchev–Trinajstić information content (AvgIpc) is 2.15. The van der Waals surface area contributed by atoms with Gasteiger partial charge in [0.25, 0.3) is 0 Å². The van der Waals surface area contributed by atoms with Crippen molar-refractivity contribution in [3.05, 3.63) is 0 Å². The molecule has 0 aromatic rings. The SMILES string of the molecule is Cl.O=C(O)C1C(F)C1F. The highest BCUT2D eigenvalue weighted by atomic mass is 35.5. The molecule has 1 aliphatic rings. The van der Waals surface area contributed by atoms with E-state index in [1.54, 1.807) is 0 Å². The largest absolute Gasteiger partial charge is 0.481 e. The third-order valence-electron chi connectivity index (χ3n) is 1.13. The summed E-state index contributed by atoms with van der Waals surface area (Å²) in [7, 11) is 0. The van der Waals surface area contributed by atoms with Gasteiger partial charge in [-0.15, -0.1) is 12.4 Å². The minimum Gasteiger partial charge on any atom is -0.481 e. The summed E-state index contributed by atoms with van der Waals surface area (Å²) < 4.78 is 23.3. The lowest BCUT2D eigenvalue weighted by atomic mass is 10.4. The molecule has 0 aliphatic heterocycles. The monoisotopic (exact) mass is 158 g/mol. The van der Waals surface area contributed by atoms with E-state index < -0.39 is 24.2 Å².